The number of aliphatic imine (C=N–C) groups is 1. The normalized spacial score (nSPS) is 13.5. The molecule has 2 nitrogen and oxygen atoms in total. The molecule has 1 aromatic carbocycles. The van der Waals surface area contributed by atoms with Gasteiger partial charge in [0.2, 0.25) is 0 Å². The number of nitrogens with zero attached hydrogens (tertiary/aromatic N) is 2. The van der Waals surface area contributed by atoms with Crippen molar-refractivity contribution in [3.63, 3.8) is 0 Å². The van der Waals surface area contributed by atoms with Gasteiger partial charge in [-0.2, -0.15) is 0 Å². The highest BCUT2D eigenvalue weighted by Crippen LogP contribution is 2.41. The summed E-state index contributed by atoms with van der Waals surface area (Å²) >= 11 is 3.81. The van der Waals surface area contributed by atoms with E-state index >= 15 is 0 Å². The molecule has 3 aromatic heterocycles. The first-order chi connectivity index (χ1) is 16.1. The van der Waals surface area contributed by atoms with Crippen molar-refractivity contribution in [1.29, 1.82) is 0 Å². The summed E-state index contributed by atoms with van der Waals surface area (Å²) in [6.07, 6.45) is 10.6. The lowest BCUT2D eigenvalue weighted by Crippen LogP contribution is -1.94. The van der Waals surface area contributed by atoms with E-state index in [-0.39, 0.29) is 0 Å². The Hall–Kier alpha value is -2.56. The van der Waals surface area contributed by atoms with Crippen molar-refractivity contribution in [3.8, 4) is 20.9 Å². The Morgan fingerprint density at radius 1 is 0.879 bits per heavy atom. The van der Waals surface area contributed by atoms with Crippen molar-refractivity contribution in [2.45, 2.75) is 52.9 Å². The number of unbranched alkanes of at least 4 members (excludes halogenated alkanes) is 3. The van der Waals surface area contributed by atoms with Gasteiger partial charge in [0.05, 0.1) is 12.2 Å². The maximum absolute atomic E-state index is 4.83. The molecule has 0 N–H and O–H groups in total. The standard InChI is InChI=1S/C29H30N2S2/c1-4-5-6-7-8-23-10-12-27(33-23)21-16-25(28-11-9-20(3)32-28)24-13-14-30-29(26(24)17-21)22-15-19(2)31-18-22/h9-17H,4-8,18H2,1-3H3. The summed E-state index contributed by atoms with van der Waals surface area (Å²) in [4.78, 5) is 14.9. The molecule has 0 fully saturated rings. The highest BCUT2D eigenvalue weighted by molar-refractivity contribution is 7.16. The van der Waals surface area contributed by atoms with Crippen LogP contribution in [0.15, 0.2) is 59.7 Å². The summed E-state index contributed by atoms with van der Waals surface area (Å²) in [5, 5.41) is 2.50. The second-order valence-corrected chi connectivity index (χ2v) is 11.3. The van der Waals surface area contributed by atoms with Crippen LogP contribution in [0.1, 0.15) is 55.0 Å². The van der Waals surface area contributed by atoms with Gasteiger partial charge in [-0.15, -0.1) is 22.7 Å². The number of fused-ring (bicyclic) bond motifs is 1. The largest absolute Gasteiger partial charge is 0.285 e. The zero-order valence-electron chi connectivity index (χ0n) is 19.6. The smallest absolute Gasteiger partial charge is 0.0759 e. The average molecular weight is 471 g/mol. The van der Waals surface area contributed by atoms with Crippen LogP contribution in [0.4, 0.5) is 0 Å². The maximum atomic E-state index is 4.83. The Bertz CT molecular complexity index is 1350. The molecule has 5 rings (SSSR count). The van der Waals surface area contributed by atoms with Crippen LogP contribution in [0.3, 0.4) is 0 Å². The molecule has 168 valence electrons. The van der Waals surface area contributed by atoms with Crippen molar-refractivity contribution >= 4 is 44.7 Å². The van der Waals surface area contributed by atoms with Crippen LogP contribution in [-0.2, 0) is 6.42 Å². The summed E-state index contributed by atoms with van der Waals surface area (Å²) in [5.74, 6) is 0. The Kier molecular flexibility index (Phi) is 6.57. The number of hydrogen-bond acceptors (Lipinski definition) is 4. The van der Waals surface area contributed by atoms with Crippen molar-refractivity contribution in [2.24, 2.45) is 4.99 Å². The zero-order valence-corrected chi connectivity index (χ0v) is 21.3. The van der Waals surface area contributed by atoms with Crippen LogP contribution in [0.2, 0.25) is 0 Å². The van der Waals surface area contributed by atoms with Gasteiger partial charge in [0.25, 0.3) is 0 Å². The van der Waals surface area contributed by atoms with Crippen LogP contribution in [0, 0.1) is 6.92 Å². The van der Waals surface area contributed by atoms with Crippen molar-refractivity contribution in [2.75, 3.05) is 6.54 Å². The zero-order chi connectivity index (χ0) is 22.8. The number of thiophene rings is 2. The minimum Gasteiger partial charge on any atom is -0.285 e. The average Bonchev–Trinajstić information content (AvgIpc) is 3.57. The van der Waals surface area contributed by atoms with Crippen molar-refractivity contribution in [1.82, 2.24) is 4.98 Å². The summed E-state index contributed by atoms with van der Waals surface area (Å²) < 4.78 is 0. The van der Waals surface area contributed by atoms with Gasteiger partial charge in [0.15, 0.2) is 0 Å². The first-order valence-corrected chi connectivity index (χ1v) is 13.6. The van der Waals surface area contributed by atoms with E-state index in [0.717, 1.165) is 18.0 Å². The molecular weight excluding hydrogens is 440 g/mol. The predicted molar refractivity (Wildman–Crippen MR) is 147 cm³/mol. The van der Waals surface area contributed by atoms with E-state index in [1.807, 2.05) is 28.9 Å². The van der Waals surface area contributed by atoms with E-state index < -0.39 is 0 Å². The molecule has 4 heteroatoms. The molecule has 0 spiro atoms. The summed E-state index contributed by atoms with van der Waals surface area (Å²) in [6, 6.07) is 16.0. The maximum Gasteiger partial charge on any atom is 0.0759 e. The quantitative estimate of drug-likeness (QED) is 0.236. The van der Waals surface area contributed by atoms with Crippen molar-refractivity contribution in [3.05, 3.63) is 70.2 Å². The third kappa shape index (κ3) is 4.73. The monoisotopic (exact) mass is 470 g/mol. The molecule has 0 radical (unpaired) electrons. The fourth-order valence-electron chi connectivity index (χ4n) is 4.56. The van der Waals surface area contributed by atoms with Gasteiger partial charge in [-0.25, -0.2) is 0 Å². The van der Waals surface area contributed by atoms with Crippen molar-refractivity contribution < 1.29 is 0 Å². The molecule has 4 aromatic rings. The Labute approximate surface area is 204 Å². The topological polar surface area (TPSA) is 25.2 Å². The summed E-state index contributed by atoms with van der Waals surface area (Å²) in [7, 11) is 0. The third-order valence-corrected chi connectivity index (χ3v) is 8.52. The molecule has 1 aliphatic heterocycles. The molecule has 0 saturated carbocycles. The highest BCUT2D eigenvalue weighted by atomic mass is 32.1. The number of aryl methyl sites for hydroxylation is 2. The van der Waals surface area contributed by atoms with Crippen LogP contribution >= 0.6 is 22.7 Å². The molecule has 4 heterocycles. The van der Waals surface area contributed by atoms with E-state index in [4.69, 9.17) is 4.98 Å². The minimum absolute atomic E-state index is 0.719. The molecule has 33 heavy (non-hydrogen) atoms. The SMILES string of the molecule is CCCCCCc1ccc(-c2cc(-c3ccc(C)s3)c3ccnc(C4=CC(C)=NC4)c3c2)s1. The first-order valence-electron chi connectivity index (χ1n) is 11.9. The van der Waals surface area contributed by atoms with Gasteiger partial charge in [0, 0.05) is 47.9 Å². The lowest BCUT2D eigenvalue weighted by molar-refractivity contribution is 0.670. The van der Waals surface area contributed by atoms with E-state index in [1.165, 1.54) is 79.1 Å². The molecule has 0 bridgehead atoms. The molecule has 0 aliphatic carbocycles. The number of hydrogen-bond donors (Lipinski definition) is 0. The van der Waals surface area contributed by atoms with Gasteiger partial charge in [-0.3, -0.25) is 9.98 Å². The van der Waals surface area contributed by atoms with Gasteiger partial charge in [0.1, 0.15) is 0 Å². The van der Waals surface area contributed by atoms with Crippen LogP contribution in [0.25, 0.3) is 37.2 Å². The van der Waals surface area contributed by atoms with Crippen LogP contribution < -0.4 is 0 Å². The molecule has 1 aliphatic rings. The molecule has 0 atom stereocenters. The van der Waals surface area contributed by atoms with Gasteiger partial charge in [-0.1, -0.05) is 26.2 Å². The Balaban J connectivity index is 1.61. The van der Waals surface area contributed by atoms with Gasteiger partial charge in [-0.05, 0) is 86.2 Å². The first kappa shape index (κ1) is 22.2. The summed E-state index contributed by atoms with van der Waals surface area (Å²) in [6.45, 7) is 7.24. The number of aromatic nitrogens is 1. The lowest BCUT2D eigenvalue weighted by atomic mass is 9.96. The summed E-state index contributed by atoms with van der Waals surface area (Å²) in [5.41, 5.74) is 5.96. The number of rotatable bonds is 8. The van der Waals surface area contributed by atoms with Gasteiger partial charge < -0.3 is 0 Å². The molecule has 0 amide bonds. The Morgan fingerprint density at radius 3 is 2.52 bits per heavy atom. The van der Waals surface area contributed by atoms with E-state index in [9.17, 15) is 0 Å². The Morgan fingerprint density at radius 2 is 1.76 bits per heavy atom. The number of pyridine rings is 1. The highest BCUT2D eigenvalue weighted by Gasteiger charge is 2.17. The van der Waals surface area contributed by atoms with Crippen LogP contribution in [-0.4, -0.2) is 17.2 Å². The lowest BCUT2D eigenvalue weighted by Gasteiger charge is -2.12. The fourth-order valence-corrected chi connectivity index (χ4v) is 6.49. The molecule has 0 saturated heterocycles. The van der Waals surface area contributed by atoms with E-state index in [2.05, 4.69) is 74.3 Å². The number of allylic oxidation sites excluding steroid dienone is 1. The van der Waals surface area contributed by atoms with Crippen LogP contribution in [0.5, 0.6) is 0 Å². The predicted octanol–water partition coefficient (Wildman–Crippen LogP) is 8.98. The van der Waals surface area contributed by atoms with Gasteiger partial charge >= 0.3 is 0 Å². The second-order valence-electron chi connectivity index (χ2n) is 8.89. The minimum atomic E-state index is 0.719. The fraction of sp³-hybridized carbons (Fsp3) is 0.310. The van der Waals surface area contributed by atoms with E-state index in [0.29, 0.717) is 0 Å². The third-order valence-electron chi connectivity index (χ3n) is 6.29. The second kappa shape index (κ2) is 9.74. The molecular formula is C29H30N2S2. The van der Waals surface area contributed by atoms with E-state index in [1.54, 1.807) is 0 Å². The number of benzene rings is 1. The molecule has 0 unspecified atom stereocenters.